The average Bonchev–Trinajstić information content (AvgIpc) is 3.04. The lowest BCUT2D eigenvalue weighted by molar-refractivity contribution is -0.0880. The molecule has 2 aromatic carbocycles. The summed E-state index contributed by atoms with van der Waals surface area (Å²) in [7, 11) is 0. The molecule has 0 spiro atoms. The summed E-state index contributed by atoms with van der Waals surface area (Å²) in [6.45, 7) is 0. The molecule has 170 valence electrons. The standard InChI is InChI=1S/C22H14Cl2N6O4/c23-13-3-11(30-21(33)27-19(31)16(9-25)28-30)4-14(24)18(13)34-12-1-2-15-17(5-12)29(20(32)26-15)22-6-10(7-22)8-22/h1-5,10H,6-8H2,(H,26,32)(H,27,31,33). The van der Waals surface area contributed by atoms with Crippen LogP contribution in [0.25, 0.3) is 16.7 Å². The molecule has 2 heterocycles. The van der Waals surface area contributed by atoms with Gasteiger partial charge in [0.25, 0.3) is 5.56 Å². The SMILES string of the molecule is N#Cc1nn(-c2cc(Cl)c(Oc3ccc4[nH]c(=O)n(C56CC(C5)C6)c4c3)c(Cl)c2)c(=O)[nH]c1=O. The Bertz CT molecular complexity index is 1700. The van der Waals surface area contributed by atoms with E-state index in [1.54, 1.807) is 24.3 Å². The summed E-state index contributed by atoms with van der Waals surface area (Å²) < 4.78 is 8.60. The summed E-state index contributed by atoms with van der Waals surface area (Å²) in [5.41, 5.74) is -0.868. The van der Waals surface area contributed by atoms with E-state index in [4.69, 9.17) is 33.2 Å². The van der Waals surface area contributed by atoms with E-state index in [1.807, 2.05) is 9.55 Å². The molecular weight excluding hydrogens is 483 g/mol. The van der Waals surface area contributed by atoms with Crippen molar-refractivity contribution in [3.8, 4) is 23.3 Å². The highest BCUT2D eigenvalue weighted by molar-refractivity contribution is 6.37. The van der Waals surface area contributed by atoms with E-state index in [2.05, 4.69) is 10.1 Å². The second kappa shape index (κ2) is 7.09. The fourth-order valence-electron chi connectivity index (χ4n) is 4.86. The molecule has 3 aliphatic rings. The highest BCUT2D eigenvalue weighted by Gasteiger charge is 2.59. The Balaban J connectivity index is 1.39. The summed E-state index contributed by atoms with van der Waals surface area (Å²) in [4.78, 5) is 41.3. The monoisotopic (exact) mass is 496 g/mol. The highest BCUT2D eigenvalue weighted by Crippen LogP contribution is 2.62. The van der Waals surface area contributed by atoms with E-state index < -0.39 is 16.9 Å². The minimum atomic E-state index is -0.890. The highest BCUT2D eigenvalue weighted by atomic mass is 35.5. The second-order valence-corrected chi connectivity index (χ2v) is 9.43. The summed E-state index contributed by atoms with van der Waals surface area (Å²) in [5, 5.41) is 12.9. The molecule has 0 amide bonds. The lowest BCUT2D eigenvalue weighted by Gasteiger charge is -2.62. The Morgan fingerprint density at radius 3 is 2.38 bits per heavy atom. The van der Waals surface area contributed by atoms with E-state index in [9.17, 15) is 14.4 Å². The predicted octanol–water partition coefficient (Wildman–Crippen LogP) is 3.04. The van der Waals surface area contributed by atoms with Crippen LogP contribution >= 0.6 is 23.2 Å². The van der Waals surface area contributed by atoms with Crippen LogP contribution in [0.15, 0.2) is 44.7 Å². The zero-order valence-electron chi connectivity index (χ0n) is 17.3. The van der Waals surface area contributed by atoms with E-state index in [0.29, 0.717) is 17.2 Å². The number of aromatic amines is 2. The van der Waals surface area contributed by atoms with Gasteiger partial charge < -0.3 is 9.72 Å². The van der Waals surface area contributed by atoms with Gasteiger partial charge in [0.15, 0.2) is 5.75 Å². The van der Waals surface area contributed by atoms with Gasteiger partial charge in [0.05, 0.1) is 32.3 Å². The van der Waals surface area contributed by atoms with Gasteiger partial charge in [0.1, 0.15) is 11.8 Å². The summed E-state index contributed by atoms with van der Waals surface area (Å²) in [5.74, 6) is 1.27. The molecular formula is C22H14Cl2N6O4. The summed E-state index contributed by atoms with van der Waals surface area (Å²) in [6.07, 6.45) is 3.03. The number of hydrogen-bond donors (Lipinski definition) is 2. The minimum absolute atomic E-state index is 0.0758. The first-order valence-electron chi connectivity index (χ1n) is 10.3. The first-order valence-corrected chi connectivity index (χ1v) is 11.1. The van der Waals surface area contributed by atoms with Crippen LogP contribution in [0.3, 0.4) is 0 Å². The van der Waals surface area contributed by atoms with Crippen LogP contribution in [-0.4, -0.2) is 24.3 Å². The summed E-state index contributed by atoms with van der Waals surface area (Å²) in [6, 6.07) is 9.59. The van der Waals surface area contributed by atoms with Gasteiger partial charge in [-0.25, -0.2) is 9.59 Å². The Kier molecular flexibility index (Phi) is 4.33. The van der Waals surface area contributed by atoms with Crippen LogP contribution < -0.4 is 21.7 Å². The molecule has 3 aliphatic carbocycles. The van der Waals surface area contributed by atoms with Crippen molar-refractivity contribution in [1.29, 1.82) is 5.26 Å². The molecule has 3 fully saturated rings. The third-order valence-electron chi connectivity index (χ3n) is 6.52. The molecule has 0 aliphatic heterocycles. The second-order valence-electron chi connectivity index (χ2n) is 8.62. The number of nitrogens with zero attached hydrogens (tertiary/aromatic N) is 4. The maximum Gasteiger partial charge on any atom is 0.349 e. The number of H-pyrrole nitrogens is 2. The molecule has 2 aromatic heterocycles. The maximum absolute atomic E-state index is 12.6. The van der Waals surface area contributed by atoms with Crippen molar-refractivity contribution in [2.75, 3.05) is 0 Å². The van der Waals surface area contributed by atoms with Crippen molar-refractivity contribution in [1.82, 2.24) is 24.3 Å². The molecule has 2 bridgehead atoms. The van der Waals surface area contributed by atoms with Gasteiger partial charge in [-0.1, -0.05) is 23.2 Å². The van der Waals surface area contributed by atoms with E-state index in [0.717, 1.165) is 29.5 Å². The minimum Gasteiger partial charge on any atom is -0.454 e. The Morgan fingerprint density at radius 2 is 1.76 bits per heavy atom. The predicted molar refractivity (Wildman–Crippen MR) is 123 cm³/mol. The van der Waals surface area contributed by atoms with Gasteiger partial charge in [0, 0.05) is 6.07 Å². The van der Waals surface area contributed by atoms with Gasteiger partial charge in [0.2, 0.25) is 5.69 Å². The number of nitriles is 1. The molecule has 0 saturated heterocycles. The van der Waals surface area contributed by atoms with Gasteiger partial charge in [-0.15, -0.1) is 5.10 Å². The van der Waals surface area contributed by atoms with Gasteiger partial charge >= 0.3 is 11.4 Å². The van der Waals surface area contributed by atoms with Crippen molar-refractivity contribution in [2.45, 2.75) is 24.8 Å². The fraction of sp³-hybridized carbons (Fsp3) is 0.227. The normalized spacial score (nSPS) is 20.4. The molecule has 2 N–H and O–H groups in total. The van der Waals surface area contributed by atoms with Gasteiger partial charge in [-0.2, -0.15) is 9.94 Å². The van der Waals surface area contributed by atoms with Crippen molar-refractivity contribution in [3.63, 3.8) is 0 Å². The number of aromatic nitrogens is 5. The van der Waals surface area contributed by atoms with Crippen LogP contribution in [0.1, 0.15) is 25.0 Å². The average molecular weight is 497 g/mol. The first-order chi connectivity index (χ1) is 16.3. The molecule has 0 unspecified atom stereocenters. The van der Waals surface area contributed by atoms with Crippen LogP contribution in [0, 0.1) is 17.2 Å². The third-order valence-corrected chi connectivity index (χ3v) is 7.08. The van der Waals surface area contributed by atoms with E-state index in [1.165, 1.54) is 12.1 Å². The van der Waals surface area contributed by atoms with E-state index >= 15 is 0 Å². The Labute approximate surface area is 199 Å². The topological polar surface area (TPSA) is 139 Å². The molecule has 0 atom stereocenters. The molecule has 3 saturated carbocycles. The molecule has 12 heteroatoms. The Morgan fingerprint density at radius 1 is 1.06 bits per heavy atom. The number of ether oxygens (including phenoxy) is 1. The zero-order chi connectivity index (χ0) is 23.8. The lowest BCUT2D eigenvalue weighted by Crippen LogP contribution is -2.61. The largest absolute Gasteiger partial charge is 0.454 e. The number of halogens is 2. The van der Waals surface area contributed by atoms with Crippen LogP contribution in [0.2, 0.25) is 10.0 Å². The molecule has 7 rings (SSSR count). The van der Waals surface area contributed by atoms with Crippen molar-refractivity contribution in [2.24, 2.45) is 5.92 Å². The Hall–Kier alpha value is -3.81. The van der Waals surface area contributed by atoms with Crippen LogP contribution in [0.5, 0.6) is 11.5 Å². The van der Waals surface area contributed by atoms with Crippen LogP contribution in [-0.2, 0) is 5.54 Å². The number of imidazole rings is 1. The number of hydrogen-bond acceptors (Lipinski definition) is 6. The van der Waals surface area contributed by atoms with Crippen molar-refractivity contribution in [3.05, 3.63) is 77.4 Å². The first kappa shape index (κ1) is 20.8. The molecule has 0 radical (unpaired) electrons. The number of nitrogens with one attached hydrogen (secondary N) is 2. The number of rotatable bonds is 4. The number of fused-ring (bicyclic) bond motifs is 1. The maximum atomic E-state index is 12.6. The zero-order valence-corrected chi connectivity index (χ0v) is 18.8. The quantitative estimate of drug-likeness (QED) is 0.445. The van der Waals surface area contributed by atoms with Gasteiger partial charge in [-0.3, -0.25) is 14.3 Å². The van der Waals surface area contributed by atoms with Crippen molar-refractivity contribution >= 4 is 34.2 Å². The smallest absolute Gasteiger partial charge is 0.349 e. The molecule has 10 nitrogen and oxygen atoms in total. The molecule has 34 heavy (non-hydrogen) atoms. The van der Waals surface area contributed by atoms with Crippen LogP contribution in [0.4, 0.5) is 0 Å². The van der Waals surface area contributed by atoms with Crippen molar-refractivity contribution < 1.29 is 4.74 Å². The fourth-order valence-corrected chi connectivity index (χ4v) is 5.41. The summed E-state index contributed by atoms with van der Waals surface area (Å²) >= 11 is 12.8. The van der Waals surface area contributed by atoms with E-state index in [-0.39, 0.29) is 32.7 Å². The third kappa shape index (κ3) is 2.94. The lowest BCUT2D eigenvalue weighted by atomic mass is 9.49. The van der Waals surface area contributed by atoms with Gasteiger partial charge in [-0.05, 0) is 49.4 Å². The number of benzene rings is 2. The molecule has 4 aromatic rings.